The van der Waals surface area contributed by atoms with Gasteiger partial charge in [0.25, 0.3) is 0 Å². The summed E-state index contributed by atoms with van der Waals surface area (Å²) in [5, 5.41) is 2.23. The molecule has 4 amide bonds. The van der Waals surface area contributed by atoms with Crippen LogP contribution in [0.2, 0.25) is 0 Å². The summed E-state index contributed by atoms with van der Waals surface area (Å²) in [5.41, 5.74) is -1.15. The first-order valence-electron chi connectivity index (χ1n) is 6.44. The molecular formula is C13H22N2O3. The number of amides is 4. The lowest BCUT2D eigenvalue weighted by molar-refractivity contribution is -0.149. The van der Waals surface area contributed by atoms with Crippen LogP contribution in [0.5, 0.6) is 0 Å². The third kappa shape index (κ3) is 3.09. The van der Waals surface area contributed by atoms with Gasteiger partial charge in [0.2, 0.25) is 11.8 Å². The number of imide groups is 2. The Hall–Kier alpha value is -1.39. The van der Waals surface area contributed by atoms with E-state index in [9.17, 15) is 14.4 Å². The minimum absolute atomic E-state index is 0.383. The van der Waals surface area contributed by atoms with Crippen molar-refractivity contribution >= 4 is 17.8 Å². The van der Waals surface area contributed by atoms with E-state index in [0.29, 0.717) is 12.5 Å². The first-order valence-corrected chi connectivity index (χ1v) is 6.44. The van der Waals surface area contributed by atoms with Crippen LogP contribution < -0.4 is 5.32 Å². The molecule has 1 N–H and O–H groups in total. The molecule has 1 fully saturated rings. The number of rotatable bonds is 5. The van der Waals surface area contributed by atoms with Crippen LogP contribution in [0.25, 0.3) is 0 Å². The molecule has 1 rings (SSSR count). The largest absolute Gasteiger partial charge is 0.330 e. The molecule has 0 bridgehead atoms. The van der Waals surface area contributed by atoms with Gasteiger partial charge in [-0.3, -0.25) is 19.8 Å². The molecular weight excluding hydrogens is 232 g/mol. The predicted octanol–water partition coefficient (Wildman–Crippen LogP) is 1.92. The zero-order valence-electron chi connectivity index (χ0n) is 11.6. The van der Waals surface area contributed by atoms with Crippen molar-refractivity contribution in [3.8, 4) is 0 Å². The summed E-state index contributed by atoms with van der Waals surface area (Å²) in [7, 11) is 0. The van der Waals surface area contributed by atoms with Crippen LogP contribution in [-0.2, 0) is 9.59 Å². The van der Waals surface area contributed by atoms with E-state index in [1.807, 2.05) is 0 Å². The molecule has 0 aromatic rings. The minimum atomic E-state index is -1.15. The Morgan fingerprint density at radius 3 is 2.33 bits per heavy atom. The predicted molar refractivity (Wildman–Crippen MR) is 67.7 cm³/mol. The summed E-state index contributed by atoms with van der Waals surface area (Å²) in [4.78, 5) is 36.3. The highest BCUT2D eigenvalue weighted by Gasteiger charge is 2.46. The second kappa shape index (κ2) is 5.50. The number of hydrogen-bond donors (Lipinski definition) is 1. The highest BCUT2D eigenvalue weighted by molar-refractivity contribution is 6.18. The zero-order valence-corrected chi connectivity index (χ0v) is 11.6. The Morgan fingerprint density at radius 1 is 1.17 bits per heavy atom. The van der Waals surface area contributed by atoms with Gasteiger partial charge in [-0.2, -0.15) is 0 Å². The SMILES string of the molecule is CC(C)CCCCN1C(=O)NC(=O)C(C)(C)C1=O. The van der Waals surface area contributed by atoms with Gasteiger partial charge in [0, 0.05) is 6.54 Å². The molecule has 0 unspecified atom stereocenters. The van der Waals surface area contributed by atoms with Crippen molar-refractivity contribution in [3.63, 3.8) is 0 Å². The van der Waals surface area contributed by atoms with Gasteiger partial charge in [0.1, 0.15) is 5.41 Å². The number of barbiturate groups is 1. The fraction of sp³-hybridized carbons (Fsp3) is 0.769. The third-order valence-corrected chi connectivity index (χ3v) is 3.23. The average molecular weight is 254 g/mol. The second-order valence-electron chi connectivity index (χ2n) is 5.73. The maximum absolute atomic E-state index is 12.0. The molecule has 102 valence electrons. The molecule has 0 aliphatic carbocycles. The van der Waals surface area contributed by atoms with E-state index in [0.717, 1.165) is 24.2 Å². The number of nitrogens with zero attached hydrogens (tertiary/aromatic N) is 1. The molecule has 18 heavy (non-hydrogen) atoms. The van der Waals surface area contributed by atoms with Crippen LogP contribution in [0.3, 0.4) is 0 Å². The van der Waals surface area contributed by atoms with Gasteiger partial charge in [-0.25, -0.2) is 4.79 Å². The molecule has 1 aliphatic rings. The monoisotopic (exact) mass is 254 g/mol. The Balaban J connectivity index is 2.57. The van der Waals surface area contributed by atoms with Crippen molar-refractivity contribution in [2.24, 2.45) is 11.3 Å². The van der Waals surface area contributed by atoms with Crippen molar-refractivity contribution in [1.82, 2.24) is 10.2 Å². The summed E-state index contributed by atoms with van der Waals surface area (Å²) in [6.07, 6.45) is 2.83. The van der Waals surface area contributed by atoms with Crippen molar-refractivity contribution in [3.05, 3.63) is 0 Å². The number of carbonyl (C=O) groups excluding carboxylic acids is 3. The summed E-state index contributed by atoms with van der Waals surface area (Å²) in [6.45, 7) is 7.74. The van der Waals surface area contributed by atoms with Crippen molar-refractivity contribution < 1.29 is 14.4 Å². The maximum Gasteiger partial charge on any atom is 0.330 e. The molecule has 5 heteroatoms. The van der Waals surface area contributed by atoms with Gasteiger partial charge in [-0.15, -0.1) is 0 Å². The Bertz CT molecular complexity index is 361. The molecule has 0 saturated carbocycles. The van der Waals surface area contributed by atoms with E-state index < -0.39 is 23.3 Å². The number of unbranched alkanes of at least 4 members (excludes halogenated alkanes) is 1. The van der Waals surface area contributed by atoms with Crippen molar-refractivity contribution in [1.29, 1.82) is 0 Å². The Labute approximate surface area is 108 Å². The third-order valence-electron chi connectivity index (χ3n) is 3.23. The Kier molecular flexibility index (Phi) is 4.48. The minimum Gasteiger partial charge on any atom is -0.277 e. The van der Waals surface area contributed by atoms with E-state index >= 15 is 0 Å². The van der Waals surface area contributed by atoms with Gasteiger partial charge in [-0.1, -0.05) is 26.7 Å². The lowest BCUT2D eigenvalue weighted by Gasteiger charge is -2.34. The number of urea groups is 1. The molecule has 0 atom stereocenters. The van der Waals surface area contributed by atoms with E-state index in [4.69, 9.17) is 0 Å². The van der Waals surface area contributed by atoms with Crippen LogP contribution in [0, 0.1) is 11.3 Å². The summed E-state index contributed by atoms with van der Waals surface area (Å²) < 4.78 is 0. The molecule has 0 aromatic heterocycles. The topological polar surface area (TPSA) is 66.5 Å². The first kappa shape index (κ1) is 14.7. The maximum atomic E-state index is 12.0. The van der Waals surface area contributed by atoms with Gasteiger partial charge in [-0.05, 0) is 26.2 Å². The molecule has 0 spiro atoms. The molecule has 1 aliphatic heterocycles. The molecule has 1 saturated heterocycles. The van der Waals surface area contributed by atoms with Crippen molar-refractivity contribution in [2.45, 2.75) is 47.0 Å². The molecule has 5 nitrogen and oxygen atoms in total. The second-order valence-corrected chi connectivity index (χ2v) is 5.73. The first-order chi connectivity index (χ1) is 8.26. The molecule has 0 aromatic carbocycles. The smallest absolute Gasteiger partial charge is 0.277 e. The van der Waals surface area contributed by atoms with Crippen LogP contribution in [-0.4, -0.2) is 29.3 Å². The average Bonchev–Trinajstić information content (AvgIpc) is 2.25. The van der Waals surface area contributed by atoms with E-state index in [2.05, 4.69) is 19.2 Å². The lowest BCUT2D eigenvalue weighted by atomic mass is 9.88. The van der Waals surface area contributed by atoms with Gasteiger partial charge in [0.05, 0.1) is 0 Å². The van der Waals surface area contributed by atoms with Crippen LogP contribution in [0.15, 0.2) is 0 Å². The van der Waals surface area contributed by atoms with E-state index in [-0.39, 0.29) is 0 Å². The normalized spacial score (nSPS) is 19.4. The van der Waals surface area contributed by atoms with Crippen molar-refractivity contribution in [2.75, 3.05) is 6.54 Å². The van der Waals surface area contributed by atoms with Gasteiger partial charge >= 0.3 is 6.03 Å². The summed E-state index contributed by atoms with van der Waals surface area (Å²) in [5.74, 6) is -0.300. The number of nitrogens with one attached hydrogen (secondary N) is 1. The molecule has 0 radical (unpaired) electrons. The number of carbonyl (C=O) groups is 3. The standard InChI is InChI=1S/C13H22N2O3/c1-9(2)7-5-6-8-15-11(17)13(3,4)10(16)14-12(15)18/h9H,5-8H2,1-4H3,(H,14,16,18). The quantitative estimate of drug-likeness (QED) is 0.602. The summed E-state index contributed by atoms with van der Waals surface area (Å²) in [6, 6.07) is -0.589. The van der Waals surface area contributed by atoms with Gasteiger partial charge in [0.15, 0.2) is 0 Å². The number of hydrogen-bond acceptors (Lipinski definition) is 3. The van der Waals surface area contributed by atoms with E-state index in [1.54, 1.807) is 0 Å². The highest BCUT2D eigenvalue weighted by atomic mass is 16.2. The highest BCUT2D eigenvalue weighted by Crippen LogP contribution is 2.23. The van der Waals surface area contributed by atoms with Crippen LogP contribution >= 0.6 is 0 Å². The Morgan fingerprint density at radius 2 is 1.78 bits per heavy atom. The van der Waals surface area contributed by atoms with E-state index in [1.165, 1.54) is 13.8 Å². The fourth-order valence-corrected chi connectivity index (χ4v) is 1.87. The molecule has 1 heterocycles. The van der Waals surface area contributed by atoms with Crippen LogP contribution in [0.4, 0.5) is 4.79 Å². The lowest BCUT2D eigenvalue weighted by Crippen LogP contribution is -2.61. The van der Waals surface area contributed by atoms with Crippen LogP contribution in [0.1, 0.15) is 47.0 Å². The van der Waals surface area contributed by atoms with Gasteiger partial charge < -0.3 is 0 Å². The fourth-order valence-electron chi connectivity index (χ4n) is 1.87. The zero-order chi connectivity index (χ0) is 13.9. The summed E-state index contributed by atoms with van der Waals surface area (Å²) >= 11 is 0.